The molecule has 0 saturated carbocycles. The van der Waals surface area contributed by atoms with Gasteiger partial charge in [0.2, 0.25) is 5.91 Å². The molecule has 2 heterocycles. The molecular weight excluding hydrogens is 510 g/mol. The van der Waals surface area contributed by atoms with Crippen molar-refractivity contribution in [2.75, 3.05) is 24.1 Å². The van der Waals surface area contributed by atoms with E-state index in [-0.39, 0.29) is 17.6 Å². The van der Waals surface area contributed by atoms with Crippen LogP contribution < -0.4 is 32.6 Å². The number of Topliss-reactive ketones (excluding diaryl/α,β-unsaturated/α-hetero) is 1. The molecule has 4 aromatic rings. The summed E-state index contributed by atoms with van der Waals surface area (Å²) in [6.45, 7) is 3.51. The summed E-state index contributed by atoms with van der Waals surface area (Å²) in [6.07, 6.45) is 1.53. The molecule has 1 fully saturated rings. The topological polar surface area (TPSA) is 145 Å². The van der Waals surface area contributed by atoms with Crippen molar-refractivity contribution in [3.05, 3.63) is 82.9 Å². The van der Waals surface area contributed by atoms with Gasteiger partial charge in [0.25, 0.3) is 0 Å². The number of piperidine rings is 1. The maximum absolute atomic E-state index is 14.1. The summed E-state index contributed by atoms with van der Waals surface area (Å²) >= 11 is 1.35. The second-order valence-electron chi connectivity index (χ2n) is 10.3. The number of amides is 1. The fraction of sp³-hybridized carbons (Fsp3) is 0.267. The molecule has 8 nitrogen and oxygen atoms in total. The number of carbonyl (C=O) groups is 2. The van der Waals surface area contributed by atoms with Crippen LogP contribution in [-0.2, 0) is 15.1 Å². The molecule has 0 radical (unpaired) electrons. The first-order valence-corrected chi connectivity index (χ1v) is 13.9. The van der Waals surface area contributed by atoms with Crippen LogP contribution in [-0.4, -0.2) is 24.8 Å². The molecule has 1 aliphatic heterocycles. The molecule has 1 aliphatic carbocycles. The Morgan fingerprint density at radius 3 is 2.49 bits per heavy atom. The normalized spacial score (nSPS) is 21.2. The first-order chi connectivity index (χ1) is 18.8. The SMILES string of the molecule is Cc1cc(Oc2ccccc2)ccc1C1(N)C(=O)C(N)c2c(NC(=O)C3CCNCC3)sc3c(N)ccc1c23. The highest BCUT2D eigenvalue weighted by Gasteiger charge is 2.49. The molecule has 2 aliphatic rings. The van der Waals surface area contributed by atoms with Crippen LogP contribution in [0.25, 0.3) is 10.1 Å². The van der Waals surface area contributed by atoms with Gasteiger partial charge in [0, 0.05) is 22.6 Å². The van der Waals surface area contributed by atoms with Gasteiger partial charge in [0.05, 0.1) is 10.7 Å². The first kappa shape index (κ1) is 25.5. The monoisotopic (exact) mass is 541 g/mol. The number of nitrogens with two attached hydrogens (primary N) is 3. The number of para-hydroxylation sites is 1. The highest BCUT2D eigenvalue weighted by molar-refractivity contribution is 7.24. The van der Waals surface area contributed by atoms with Crippen LogP contribution >= 0.6 is 11.3 Å². The van der Waals surface area contributed by atoms with Crippen molar-refractivity contribution in [1.82, 2.24) is 5.32 Å². The lowest BCUT2D eigenvalue weighted by Gasteiger charge is -2.37. The Bertz CT molecular complexity index is 1600. The fourth-order valence-electron chi connectivity index (χ4n) is 5.82. The number of benzene rings is 3. The number of ether oxygens (including phenoxy) is 1. The number of ketones is 1. The highest BCUT2D eigenvalue weighted by atomic mass is 32.1. The number of hydrogen-bond acceptors (Lipinski definition) is 8. The zero-order chi connectivity index (χ0) is 27.3. The van der Waals surface area contributed by atoms with Crippen LogP contribution in [0.5, 0.6) is 11.5 Å². The smallest absolute Gasteiger partial charge is 0.228 e. The summed E-state index contributed by atoms with van der Waals surface area (Å²) < 4.78 is 6.76. The molecule has 2 atom stereocenters. The number of hydrogen-bond donors (Lipinski definition) is 5. The van der Waals surface area contributed by atoms with Crippen molar-refractivity contribution < 1.29 is 14.3 Å². The van der Waals surface area contributed by atoms with E-state index in [0.717, 1.165) is 41.6 Å². The molecule has 2 unspecified atom stereocenters. The molecule has 1 aromatic heterocycles. The van der Waals surface area contributed by atoms with Crippen LogP contribution in [0.4, 0.5) is 10.7 Å². The Kier molecular flexibility index (Phi) is 6.39. The minimum absolute atomic E-state index is 0.0616. The predicted octanol–water partition coefficient (Wildman–Crippen LogP) is 4.31. The van der Waals surface area contributed by atoms with Gasteiger partial charge >= 0.3 is 0 Å². The second kappa shape index (κ2) is 9.77. The molecule has 39 heavy (non-hydrogen) atoms. The van der Waals surface area contributed by atoms with Crippen molar-refractivity contribution in [3.63, 3.8) is 0 Å². The summed E-state index contributed by atoms with van der Waals surface area (Å²) in [5, 5.41) is 7.67. The maximum Gasteiger partial charge on any atom is 0.228 e. The zero-order valence-electron chi connectivity index (χ0n) is 21.6. The van der Waals surface area contributed by atoms with Gasteiger partial charge in [-0.3, -0.25) is 9.59 Å². The highest BCUT2D eigenvalue weighted by Crippen LogP contribution is 2.52. The summed E-state index contributed by atoms with van der Waals surface area (Å²) in [7, 11) is 0. The van der Waals surface area contributed by atoms with Crippen molar-refractivity contribution in [3.8, 4) is 11.5 Å². The Morgan fingerprint density at radius 1 is 1.05 bits per heavy atom. The van der Waals surface area contributed by atoms with Gasteiger partial charge in [-0.15, -0.1) is 11.3 Å². The third-order valence-corrected chi connectivity index (χ3v) is 9.03. The van der Waals surface area contributed by atoms with Crippen LogP contribution in [0, 0.1) is 12.8 Å². The van der Waals surface area contributed by atoms with E-state index < -0.39 is 11.6 Å². The predicted molar refractivity (Wildman–Crippen MR) is 155 cm³/mol. The Morgan fingerprint density at radius 2 is 1.77 bits per heavy atom. The average molecular weight is 542 g/mol. The maximum atomic E-state index is 14.1. The molecule has 1 saturated heterocycles. The van der Waals surface area contributed by atoms with Crippen LogP contribution in [0.1, 0.15) is 41.1 Å². The molecule has 9 heteroatoms. The van der Waals surface area contributed by atoms with Crippen molar-refractivity contribution in [1.29, 1.82) is 0 Å². The summed E-state index contributed by atoms with van der Waals surface area (Å²) in [5.74, 6) is 0.860. The van der Waals surface area contributed by atoms with E-state index in [2.05, 4.69) is 10.6 Å². The second-order valence-corrected chi connectivity index (χ2v) is 11.3. The number of nitrogen functional groups attached to an aromatic ring is 1. The van der Waals surface area contributed by atoms with Gasteiger partial charge in [-0.2, -0.15) is 0 Å². The third kappa shape index (κ3) is 4.18. The quantitative estimate of drug-likeness (QED) is 0.237. The summed E-state index contributed by atoms with van der Waals surface area (Å²) in [4.78, 5) is 27.2. The van der Waals surface area contributed by atoms with E-state index in [1.165, 1.54) is 11.3 Å². The molecule has 0 bridgehead atoms. The number of anilines is 2. The molecule has 1 amide bonds. The lowest BCUT2D eigenvalue weighted by molar-refractivity contribution is -0.125. The van der Waals surface area contributed by atoms with E-state index in [9.17, 15) is 9.59 Å². The number of thiophene rings is 1. The third-order valence-electron chi connectivity index (χ3n) is 7.86. The van der Waals surface area contributed by atoms with E-state index in [0.29, 0.717) is 38.9 Å². The summed E-state index contributed by atoms with van der Waals surface area (Å²) in [6, 6.07) is 17.6. The van der Waals surface area contributed by atoms with Crippen LogP contribution in [0.2, 0.25) is 0 Å². The minimum Gasteiger partial charge on any atom is -0.457 e. The van der Waals surface area contributed by atoms with Crippen molar-refractivity contribution >= 4 is 43.8 Å². The number of nitrogens with one attached hydrogen (secondary N) is 2. The van der Waals surface area contributed by atoms with E-state index in [1.54, 1.807) is 6.07 Å². The standard InChI is InChI=1S/C30H31N5O3S/c1-16-15-19(38-18-5-3-2-4-6-18)7-8-20(16)30(33)21-9-10-22(31)26-23(21)24(25(32)27(30)36)29(39-26)35-28(37)17-11-13-34-14-12-17/h2-10,15,17,25,34H,11-14,31-33H2,1H3,(H,35,37). The van der Waals surface area contributed by atoms with Crippen molar-refractivity contribution in [2.45, 2.75) is 31.3 Å². The van der Waals surface area contributed by atoms with Crippen LogP contribution in [0.3, 0.4) is 0 Å². The molecule has 6 rings (SSSR count). The minimum atomic E-state index is -1.49. The molecular formula is C30H31N5O3S. The molecule has 3 aromatic carbocycles. The van der Waals surface area contributed by atoms with Gasteiger partial charge in [-0.25, -0.2) is 0 Å². The van der Waals surface area contributed by atoms with Gasteiger partial charge in [-0.1, -0.05) is 30.3 Å². The largest absolute Gasteiger partial charge is 0.457 e. The van der Waals surface area contributed by atoms with Gasteiger partial charge in [-0.05, 0) is 79.9 Å². The Hall–Kier alpha value is -3.76. The van der Waals surface area contributed by atoms with Gasteiger partial charge in [0.15, 0.2) is 5.78 Å². The van der Waals surface area contributed by atoms with Crippen molar-refractivity contribution in [2.24, 2.45) is 17.4 Å². The summed E-state index contributed by atoms with van der Waals surface area (Å²) in [5.41, 5.74) is 21.8. The lowest BCUT2D eigenvalue weighted by Crippen LogP contribution is -2.52. The van der Waals surface area contributed by atoms with Crippen LogP contribution in [0.15, 0.2) is 60.7 Å². The first-order valence-electron chi connectivity index (χ1n) is 13.1. The van der Waals surface area contributed by atoms with Gasteiger partial charge < -0.3 is 32.6 Å². The lowest BCUT2D eigenvalue weighted by atomic mass is 9.70. The molecule has 200 valence electrons. The Labute approximate surface area is 230 Å². The van der Waals surface area contributed by atoms with E-state index >= 15 is 0 Å². The molecule has 0 spiro atoms. The average Bonchev–Trinajstić information content (AvgIpc) is 3.32. The van der Waals surface area contributed by atoms with E-state index in [1.807, 2.05) is 61.5 Å². The zero-order valence-corrected chi connectivity index (χ0v) is 22.4. The number of carbonyl (C=O) groups excluding carboxylic acids is 2. The van der Waals surface area contributed by atoms with Gasteiger partial charge in [0.1, 0.15) is 22.0 Å². The fourth-order valence-corrected chi connectivity index (χ4v) is 7.02. The Balaban J connectivity index is 1.43. The number of aryl methyl sites for hydroxylation is 1. The molecule has 8 N–H and O–H groups in total. The number of rotatable bonds is 5. The van der Waals surface area contributed by atoms with E-state index in [4.69, 9.17) is 21.9 Å².